The summed E-state index contributed by atoms with van der Waals surface area (Å²) >= 11 is 12.7. The Morgan fingerprint density at radius 3 is 2.11 bits per heavy atom. The van der Waals surface area contributed by atoms with E-state index in [4.69, 9.17) is 23.2 Å². The molecule has 2 amide bonds. The molecule has 0 aliphatic rings. The number of methoxy groups -OCH3 is 1. The molecule has 0 spiro atoms. The van der Waals surface area contributed by atoms with E-state index >= 15 is 0 Å². The molecule has 0 aliphatic carbocycles. The van der Waals surface area contributed by atoms with Crippen molar-refractivity contribution in [2.75, 3.05) is 19.1 Å². The molecule has 1 N–H and O–H groups in total. The summed E-state index contributed by atoms with van der Waals surface area (Å²) < 4.78 is 45.0. The van der Waals surface area contributed by atoms with Gasteiger partial charge < -0.3 is 10.1 Å². The lowest BCUT2D eigenvalue weighted by molar-refractivity contribution is -0.140. The molecule has 0 aliphatic heterocycles. The summed E-state index contributed by atoms with van der Waals surface area (Å²) in [5.74, 6) is -0.349. The molecule has 0 saturated heterocycles. The summed E-state index contributed by atoms with van der Waals surface area (Å²) in [5, 5.41) is 2.70. The highest BCUT2D eigenvalue weighted by Crippen LogP contribution is 2.43. The Bertz CT molecular complexity index is 1210. The van der Waals surface area contributed by atoms with E-state index in [-0.39, 0.29) is 40.1 Å². The maximum absolute atomic E-state index is 13.5. The monoisotopic (exact) mass is 524 g/mol. The van der Waals surface area contributed by atoms with Gasteiger partial charge in [0.1, 0.15) is 0 Å². The number of hydrogen-bond donors (Lipinski definition) is 1. The predicted molar refractivity (Wildman–Crippen MR) is 130 cm³/mol. The van der Waals surface area contributed by atoms with Crippen molar-refractivity contribution < 1.29 is 27.5 Å². The quantitative estimate of drug-likeness (QED) is 0.363. The zero-order valence-corrected chi connectivity index (χ0v) is 20.3. The van der Waals surface area contributed by atoms with Crippen LogP contribution in [0.3, 0.4) is 0 Å². The number of nitrogens with one attached hydrogen (secondary N) is 1. The van der Waals surface area contributed by atoms with Crippen LogP contribution >= 0.6 is 23.2 Å². The molecule has 0 heterocycles. The highest BCUT2D eigenvalue weighted by atomic mass is 35.5. The summed E-state index contributed by atoms with van der Waals surface area (Å²) in [6.45, 7) is 0.209. The number of carbonyl (C=O) groups is 2. The Balaban J connectivity index is 1.74. The summed E-state index contributed by atoms with van der Waals surface area (Å²) in [6, 6.07) is 14.4. The number of carbonyl (C=O) groups excluding carboxylic acids is 2. The minimum absolute atomic E-state index is 0.0231. The Morgan fingerprint density at radius 1 is 0.971 bits per heavy atom. The number of halogens is 5. The highest BCUT2D eigenvalue weighted by Gasteiger charge is 2.34. The van der Waals surface area contributed by atoms with Gasteiger partial charge in [-0.2, -0.15) is 13.2 Å². The third kappa shape index (κ3) is 6.46. The van der Waals surface area contributed by atoms with Crippen molar-refractivity contribution in [1.29, 1.82) is 0 Å². The van der Waals surface area contributed by atoms with Crippen LogP contribution < -0.4 is 10.2 Å². The lowest BCUT2D eigenvalue weighted by atomic mass is 9.98. The van der Waals surface area contributed by atoms with Crippen LogP contribution in [0.25, 0.3) is 11.1 Å². The van der Waals surface area contributed by atoms with Crippen LogP contribution in [0.15, 0.2) is 60.7 Å². The van der Waals surface area contributed by atoms with Gasteiger partial charge in [0.05, 0.1) is 29.1 Å². The van der Waals surface area contributed by atoms with E-state index in [1.165, 1.54) is 49.4 Å². The third-order valence-corrected chi connectivity index (χ3v) is 5.86. The molecule has 3 rings (SSSR count). The van der Waals surface area contributed by atoms with E-state index in [0.29, 0.717) is 5.69 Å². The molecule has 5 nitrogen and oxygen atoms in total. The fraction of sp³-hybridized carbons (Fsp3) is 0.200. The maximum Gasteiger partial charge on any atom is 0.417 e. The molecule has 0 bridgehead atoms. The molecule has 3 aromatic rings. The Kier molecular flexibility index (Phi) is 8.30. The summed E-state index contributed by atoms with van der Waals surface area (Å²) in [4.78, 5) is 25.3. The van der Waals surface area contributed by atoms with Gasteiger partial charge in [0, 0.05) is 24.8 Å². The van der Waals surface area contributed by atoms with Crippen molar-refractivity contribution in [3.8, 4) is 11.1 Å². The topological polar surface area (TPSA) is 58.6 Å². The van der Waals surface area contributed by atoms with E-state index in [0.717, 1.165) is 17.2 Å². The number of nitrogens with zero attached hydrogens (tertiary/aromatic N) is 1. The van der Waals surface area contributed by atoms with Crippen LogP contribution in [0.1, 0.15) is 16.7 Å². The van der Waals surface area contributed by atoms with E-state index in [1.807, 2.05) is 0 Å². The molecule has 0 fully saturated rings. The first-order valence-corrected chi connectivity index (χ1v) is 11.1. The molecule has 0 aromatic heterocycles. The molecule has 184 valence electrons. The van der Waals surface area contributed by atoms with Crippen molar-refractivity contribution in [1.82, 2.24) is 5.32 Å². The summed E-state index contributed by atoms with van der Waals surface area (Å²) in [5.41, 5.74) is 0.908. The molecule has 0 unspecified atom stereocenters. The number of urea groups is 1. The van der Waals surface area contributed by atoms with E-state index in [1.54, 1.807) is 24.3 Å². The number of ether oxygens (including phenoxy) is 1. The van der Waals surface area contributed by atoms with Crippen LogP contribution in [-0.4, -0.2) is 26.2 Å². The molecule has 0 saturated carbocycles. The minimum atomic E-state index is -4.59. The smallest absolute Gasteiger partial charge is 0.417 e. The Morgan fingerprint density at radius 2 is 1.54 bits per heavy atom. The van der Waals surface area contributed by atoms with Crippen LogP contribution in [0.2, 0.25) is 10.0 Å². The summed E-state index contributed by atoms with van der Waals surface area (Å²) in [7, 11) is 2.80. The maximum atomic E-state index is 13.5. The van der Waals surface area contributed by atoms with Crippen molar-refractivity contribution in [2.24, 2.45) is 0 Å². The second-order valence-corrected chi connectivity index (χ2v) is 8.43. The molecule has 3 aromatic carbocycles. The minimum Gasteiger partial charge on any atom is -0.469 e. The average molecular weight is 525 g/mol. The van der Waals surface area contributed by atoms with Gasteiger partial charge in [-0.1, -0.05) is 65.7 Å². The normalized spacial score (nSPS) is 11.2. The van der Waals surface area contributed by atoms with Crippen molar-refractivity contribution in [3.63, 3.8) is 0 Å². The second-order valence-electron chi connectivity index (χ2n) is 7.61. The van der Waals surface area contributed by atoms with Crippen LogP contribution in [0.4, 0.5) is 23.7 Å². The molecule has 0 atom stereocenters. The predicted octanol–water partition coefficient (Wildman–Crippen LogP) is 6.74. The Hall–Kier alpha value is -3.23. The van der Waals surface area contributed by atoms with Crippen molar-refractivity contribution in [3.05, 3.63) is 87.4 Å². The largest absolute Gasteiger partial charge is 0.469 e. The van der Waals surface area contributed by atoms with Gasteiger partial charge in [-0.25, -0.2) is 4.79 Å². The highest BCUT2D eigenvalue weighted by molar-refractivity contribution is 6.39. The van der Waals surface area contributed by atoms with Gasteiger partial charge in [-0.05, 0) is 34.9 Å². The third-order valence-electron chi connectivity index (χ3n) is 5.26. The van der Waals surface area contributed by atoms with Gasteiger partial charge in [0.15, 0.2) is 0 Å². The van der Waals surface area contributed by atoms with Gasteiger partial charge in [-0.3, -0.25) is 9.69 Å². The Labute approximate surface area is 210 Å². The number of amides is 2. The average Bonchev–Trinajstić information content (AvgIpc) is 2.82. The van der Waals surface area contributed by atoms with E-state index < -0.39 is 17.8 Å². The molecular weight excluding hydrogens is 504 g/mol. The summed E-state index contributed by atoms with van der Waals surface area (Å²) in [6.07, 6.45) is -4.44. The van der Waals surface area contributed by atoms with E-state index in [9.17, 15) is 22.8 Å². The lowest BCUT2D eigenvalue weighted by Gasteiger charge is -2.21. The van der Waals surface area contributed by atoms with Crippen LogP contribution in [0, 0.1) is 0 Å². The standard InChI is InChI=1S/C25H21Cl2F3N2O3/c1-32(24(34)31-14-16-9-7-15(8-10-16)11-22(33)35-2)17-12-20(26)23(21(27)13-17)18-5-3-4-6-19(18)25(28,29)30/h3-10,12-13H,11,14H2,1-2H3,(H,31,34). The second kappa shape index (κ2) is 11.0. The number of esters is 1. The van der Waals surface area contributed by atoms with Crippen LogP contribution in [0.5, 0.6) is 0 Å². The van der Waals surface area contributed by atoms with Gasteiger partial charge in [0.25, 0.3) is 0 Å². The van der Waals surface area contributed by atoms with Gasteiger partial charge in [0.2, 0.25) is 0 Å². The molecular formula is C25H21Cl2F3N2O3. The fourth-order valence-corrected chi connectivity index (χ4v) is 4.07. The number of rotatable bonds is 6. The van der Waals surface area contributed by atoms with Crippen LogP contribution in [-0.2, 0) is 28.7 Å². The van der Waals surface area contributed by atoms with Gasteiger partial charge >= 0.3 is 18.2 Å². The SMILES string of the molecule is COC(=O)Cc1ccc(CNC(=O)N(C)c2cc(Cl)c(-c3ccccc3C(F)(F)F)c(Cl)c2)cc1. The number of alkyl halides is 3. The first-order valence-electron chi connectivity index (χ1n) is 10.3. The van der Waals surface area contributed by atoms with Crippen molar-refractivity contribution in [2.45, 2.75) is 19.1 Å². The van der Waals surface area contributed by atoms with Gasteiger partial charge in [-0.15, -0.1) is 0 Å². The zero-order chi connectivity index (χ0) is 25.8. The molecule has 35 heavy (non-hydrogen) atoms. The van der Waals surface area contributed by atoms with E-state index in [2.05, 4.69) is 10.1 Å². The number of hydrogen-bond acceptors (Lipinski definition) is 3. The first-order chi connectivity index (χ1) is 16.5. The zero-order valence-electron chi connectivity index (χ0n) is 18.7. The number of benzene rings is 3. The lowest BCUT2D eigenvalue weighted by Crippen LogP contribution is -2.36. The fourth-order valence-electron chi connectivity index (χ4n) is 3.39. The molecule has 0 radical (unpaired) electrons. The number of anilines is 1. The molecule has 10 heteroatoms. The first kappa shape index (κ1) is 26.4. The van der Waals surface area contributed by atoms with Crippen molar-refractivity contribution >= 4 is 40.9 Å².